The monoisotopic (exact) mass is 395 g/mol. The Bertz CT molecular complexity index is 730. The summed E-state index contributed by atoms with van der Waals surface area (Å²) in [6, 6.07) is 7.51. The Morgan fingerprint density at radius 2 is 2.30 bits per heavy atom. The average molecular weight is 396 g/mol. The van der Waals surface area contributed by atoms with Crippen LogP contribution in [0.2, 0.25) is 0 Å². The predicted molar refractivity (Wildman–Crippen MR) is 94.2 cm³/mol. The molecule has 0 bridgehead atoms. The van der Waals surface area contributed by atoms with Gasteiger partial charge in [0.05, 0.1) is 18.5 Å². The average Bonchev–Trinajstić information content (AvgIpc) is 2.99. The molecule has 3 rings (SSSR count). The molecule has 2 aromatic rings. The zero-order valence-corrected chi connectivity index (χ0v) is 15.2. The lowest BCUT2D eigenvalue weighted by Crippen LogP contribution is -2.42. The molecule has 1 unspecified atom stereocenters. The molecule has 0 radical (unpaired) electrons. The normalized spacial score (nSPS) is 20.0. The van der Waals surface area contributed by atoms with Crippen LogP contribution in [0.1, 0.15) is 33.6 Å². The lowest BCUT2D eigenvalue weighted by Gasteiger charge is -2.34. The topological polar surface area (TPSA) is 58.6 Å². The molecule has 1 aromatic heterocycles. The van der Waals surface area contributed by atoms with Crippen LogP contribution in [0.15, 0.2) is 34.1 Å². The second kappa shape index (κ2) is 6.63. The van der Waals surface area contributed by atoms with E-state index >= 15 is 0 Å². The van der Waals surface area contributed by atoms with Crippen LogP contribution in [0.3, 0.4) is 0 Å². The Morgan fingerprint density at radius 3 is 3.00 bits per heavy atom. The number of methoxy groups -OCH3 is 1. The van der Waals surface area contributed by atoms with Crippen molar-refractivity contribution in [3.63, 3.8) is 0 Å². The van der Waals surface area contributed by atoms with E-state index in [9.17, 15) is 9.90 Å². The van der Waals surface area contributed by atoms with Crippen molar-refractivity contribution < 1.29 is 14.6 Å². The van der Waals surface area contributed by atoms with Gasteiger partial charge in [0.2, 0.25) is 0 Å². The minimum absolute atomic E-state index is 0.158. The summed E-state index contributed by atoms with van der Waals surface area (Å²) in [7, 11) is 1.64. The van der Waals surface area contributed by atoms with E-state index in [1.54, 1.807) is 13.2 Å². The van der Waals surface area contributed by atoms with Crippen molar-refractivity contribution in [1.82, 2.24) is 5.32 Å². The van der Waals surface area contributed by atoms with Gasteiger partial charge in [0.15, 0.2) is 0 Å². The van der Waals surface area contributed by atoms with E-state index in [0.29, 0.717) is 11.3 Å². The molecule has 122 valence electrons. The van der Waals surface area contributed by atoms with Crippen molar-refractivity contribution in [3.05, 3.63) is 50.1 Å². The molecule has 0 spiro atoms. The largest absolute Gasteiger partial charge is 0.497 e. The maximum absolute atomic E-state index is 12.2. The van der Waals surface area contributed by atoms with E-state index in [1.807, 2.05) is 23.6 Å². The van der Waals surface area contributed by atoms with Gasteiger partial charge in [-0.3, -0.25) is 4.79 Å². The minimum atomic E-state index is -1.02. The van der Waals surface area contributed by atoms with Crippen LogP contribution in [0.4, 0.5) is 0 Å². The Balaban J connectivity index is 1.76. The number of fused-ring (bicyclic) bond motifs is 1. The smallest absolute Gasteiger partial charge is 0.261 e. The number of amides is 1. The summed E-state index contributed by atoms with van der Waals surface area (Å²) in [5.41, 5.74) is 0.952. The van der Waals surface area contributed by atoms with E-state index < -0.39 is 5.60 Å². The minimum Gasteiger partial charge on any atom is -0.497 e. The van der Waals surface area contributed by atoms with Gasteiger partial charge in [0.25, 0.3) is 5.91 Å². The molecule has 4 nitrogen and oxygen atoms in total. The maximum Gasteiger partial charge on any atom is 0.261 e. The number of carbonyl (C=O) groups is 1. The number of thiophene rings is 1. The maximum atomic E-state index is 12.2. The number of hydrogen-bond acceptors (Lipinski definition) is 4. The van der Waals surface area contributed by atoms with E-state index in [0.717, 1.165) is 34.2 Å². The van der Waals surface area contributed by atoms with Crippen LogP contribution >= 0.6 is 27.3 Å². The van der Waals surface area contributed by atoms with E-state index in [-0.39, 0.29) is 12.5 Å². The first-order valence-corrected chi connectivity index (χ1v) is 9.11. The molecule has 0 fully saturated rings. The number of halogens is 1. The Morgan fingerprint density at radius 1 is 1.48 bits per heavy atom. The molecule has 0 aliphatic heterocycles. The molecule has 2 N–H and O–H groups in total. The van der Waals surface area contributed by atoms with Crippen molar-refractivity contribution in [3.8, 4) is 5.75 Å². The lowest BCUT2D eigenvalue weighted by molar-refractivity contribution is 0.0189. The summed E-state index contributed by atoms with van der Waals surface area (Å²) in [6.07, 6.45) is 2.44. The molecule has 1 aliphatic rings. The summed E-state index contributed by atoms with van der Waals surface area (Å²) >= 11 is 4.72. The first-order valence-electron chi connectivity index (χ1n) is 7.44. The molecule has 1 amide bonds. The highest BCUT2D eigenvalue weighted by Crippen LogP contribution is 2.36. The number of carbonyl (C=O) groups excluding carboxylic acids is 1. The first kappa shape index (κ1) is 16.5. The Hall–Kier alpha value is -1.37. The fourth-order valence-corrected chi connectivity index (χ4v) is 4.34. The molecule has 1 aromatic carbocycles. The van der Waals surface area contributed by atoms with Crippen LogP contribution in [-0.2, 0) is 12.0 Å². The molecule has 23 heavy (non-hydrogen) atoms. The number of aryl methyl sites for hydroxylation is 1. The fraction of sp³-hybridized carbons (Fsp3) is 0.353. The van der Waals surface area contributed by atoms with Gasteiger partial charge in [0, 0.05) is 9.85 Å². The van der Waals surface area contributed by atoms with Gasteiger partial charge in [-0.15, -0.1) is 11.3 Å². The van der Waals surface area contributed by atoms with Crippen LogP contribution in [0.5, 0.6) is 5.75 Å². The summed E-state index contributed by atoms with van der Waals surface area (Å²) in [5.74, 6) is 0.634. The molecule has 0 saturated heterocycles. The third-order valence-corrected chi connectivity index (χ3v) is 5.87. The van der Waals surface area contributed by atoms with Gasteiger partial charge in [-0.2, -0.15) is 0 Å². The molecule has 0 saturated carbocycles. The van der Waals surface area contributed by atoms with Crippen molar-refractivity contribution in [2.45, 2.75) is 24.9 Å². The number of aliphatic hydroxyl groups is 1. The second-order valence-corrected chi connectivity index (χ2v) is 7.55. The van der Waals surface area contributed by atoms with E-state index in [1.165, 1.54) is 11.3 Å². The highest BCUT2D eigenvalue weighted by atomic mass is 79.9. The number of hydrogen-bond donors (Lipinski definition) is 2. The summed E-state index contributed by atoms with van der Waals surface area (Å²) in [4.78, 5) is 12.8. The molecular weight excluding hydrogens is 378 g/mol. The van der Waals surface area contributed by atoms with Gasteiger partial charge in [-0.1, -0.05) is 6.07 Å². The third-order valence-electron chi connectivity index (χ3n) is 4.18. The van der Waals surface area contributed by atoms with Crippen molar-refractivity contribution in [2.24, 2.45) is 0 Å². The van der Waals surface area contributed by atoms with Crippen molar-refractivity contribution in [2.75, 3.05) is 13.7 Å². The van der Waals surface area contributed by atoms with Crippen LogP contribution < -0.4 is 10.1 Å². The summed E-state index contributed by atoms with van der Waals surface area (Å²) in [6.45, 7) is 0.209. The molecular formula is C17H18BrNO3S. The van der Waals surface area contributed by atoms with Gasteiger partial charge >= 0.3 is 0 Å². The summed E-state index contributed by atoms with van der Waals surface area (Å²) in [5, 5.41) is 15.8. The number of rotatable bonds is 4. The number of benzene rings is 1. The first-order chi connectivity index (χ1) is 11.0. The molecule has 6 heteroatoms. The van der Waals surface area contributed by atoms with E-state index in [4.69, 9.17) is 4.74 Å². The van der Waals surface area contributed by atoms with Gasteiger partial charge in [-0.05, 0) is 64.5 Å². The van der Waals surface area contributed by atoms with Crippen LogP contribution in [0.25, 0.3) is 0 Å². The van der Waals surface area contributed by atoms with Crippen molar-refractivity contribution >= 4 is 33.2 Å². The highest BCUT2D eigenvalue weighted by molar-refractivity contribution is 9.10. The quantitative estimate of drug-likeness (QED) is 0.832. The zero-order chi connectivity index (χ0) is 16.4. The van der Waals surface area contributed by atoms with E-state index in [2.05, 4.69) is 21.2 Å². The number of ether oxygens (including phenoxy) is 1. The SMILES string of the molecule is COc1ccc2c(c1)CCCC2(O)CNC(=O)c1cc(Br)cs1. The summed E-state index contributed by atoms with van der Waals surface area (Å²) < 4.78 is 6.14. The second-order valence-electron chi connectivity index (χ2n) is 5.72. The molecule has 1 heterocycles. The van der Waals surface area contributed by atoms with Gasteiger partial charge in [0.1, 0.15) is 11.4 Å². The fourth-order valence-electron chi connectivity index (χ4n) is 2.99. The van der Waals surface area contributed by atoms with Gasteiger partial charge in [-0.25, -0.2) is 0 Å². The third kappa shape index (κ3) is 3.44. The predicted octanol–water partition coefficient (Wildman–Crippen LogP) is 3.47. The zero-order valence-electron chi connectivity index (χ0n) is 12.8. The molecule has 1 atom stereocenters. The van der Waals surface area contributed by atoms with Crippen LogP contribution in [-0.4, -0.2) is 24.7 Å². The van der Waals surface area contributed by atoms with Gasteiger partial charge < -0.3 is 15.2 Å². The molecule has 1 aliphatic carbocycles. The van der Waals surface area contributed by atoms with Crippen molar-refractivity contribution in [1.29, 1.82) is 0 Å². The highest BCUT2D eigenvalue weighted by Gasteiger charge is 2.35. The standard InChI is InChI=1S/C17H18BrNO3S/c1-22-13-4-5-14-11(7-13)3-2-6-17(14,21)10-19-16(20)15-8-12(18)9-23-15/h4-5,7-9,21H,2-3,6,10H2,1H3,(H,19,20). The number of nitrogens with one attached hydrogen (secondary N) is 1. The Kier molecular flexibility index (Phi) is 4.75. The lowest BCUT2D eigenvalue weighted by atomic mass is 9.79. The van der Waals surface area contributed by atoms with Crippen LogP contribution in [0, 0.1) is 0 Å². The Labute approximate surface area is 147 Å².